The van der Waals surface area contributed by atoms with E-state index in [4.69, 9.17) is 4.84 Å². The third kappa shape index (κ3) is 2.39. The summed E-state index contributed by atoms with van der Waals surface area (Å²) < 4.78 is 0.973. The summed E-state index contributed by atoms with van der Waals surface area (Å²) in [7, 11) is 0. The van der Waals surface area contributed by atoms with Gasteiger partial charge in [-0.1, -0.05) is 30.3 Å². The quantitative estimate of drug-likeness (QED) is 0.683. The molecule has 3 aromatic rings. The van der Waals surface area contributed by atoms with E-state index in [1.807, 2.05) is 42.5 Å². The Hall–Kier alpha value is -2.60. The van der Waals surface area contributed by atoms with E-state index >= 15 is 0 Å². The lowest BCUT2D eigenvalue weighted by atomic mass is 10.1. The Balaban J connectivity index is 1.97. The van der Waals surface area contributed by atoms with E-state index in [-0.39, 0.29) is 0 Å². The number of nitrogens with zero attached hydrogens (tertiary/aromatic N) is 1. The number of halogens is 1. The van der Waals surface area contributed by atoms with Crippen LogP contribution < -0.4 is 16.1 Å². The maximum atomic E-state index is 11.2. The summed E-state index contributed by atoms with van der Waals surface area (Å²) in [4.78, 5) is 24.3. The first-order chi connectivity index (χ1) is 11.6. The predicted octanol–water partition coefficient (Wildman–Crippen LogP) is 2.65. The molecule has 0 bridgehead atoms. The lowest BCUT2D eigenvalue weighted by Gasteiger charge is -2.08. The van der Waals surface area contributed by atoms with Crippen molar-refractivity contribution >= 4 is 44.1 Å². The zero-order valence-corrected chi connectivity index (χ0v) is 14.5. The molecule has 1 aromatic heterocycles. The standard InChI is InChI=1S/C18H14BrN3O2/c1-10(23)24-22-18-12-5-2-3-8-15(12)21-17(18)13-9-20-16-11(13)6-4-7-14(16)19/h2-8,21-22H,9H2,1H3. The minimum Gasteiger partial charge on any atom is -0.353 e. The van der Waals surface area contributed by atoms with E-state index in [1.165, 1.54) is 6.92 Å². The number of carbonyl (C=O) groups is 1. The monoisotopic (exact) mass is 383 g/mol. The molecule has 0 radical (unpaired) electrons. The van der Waals surface area contributed by atoms with Gasteiger partial charge in [0.2, 0.25) is 0 Å². The lowest BCUT2D eigenvalue weighted by Crippen LogP contribution is -2.24. The van der Waals surface area contributed by atoms with Crippen LogP contribution in [0.2, 0.25) is 0 Å². The van der Waals surface area contributed by atoms with Crippen LogP contribution >= 0.6 is 15.9 Å². The van der Waals surface area contributed by atoms with E-state index in [0.29, 0.717) is 6.54 Å². The van der Waals surface area contributed by atoms with Crippen molar-refractivity contribution in [2.45, 2.75) is 6.92 Å². The number of benzene rings is 2. The second kappa shape index (κ2) is 5.79. The number of rotatable bonds is 3. The molecule has 0 fully saturated rings. The van der Waals surface area contributed by atoms with Gasteiger partial charge >= 0.3 is 5.97 Å². The first-order valence-electron chi connectivity index (χ1n) is 7.52. The Morgan fingerprint density at radius 1 is 1.25 bits per heavy atom. The fourth-order valence-corrected chi connectivity index (χ4v) is 3.47. The highest BCUT2D eigenvalue weighted by Gasteiger charge is 2.19. The van der Waals surface area contributed by atoms with Gasteiger partial charge in [-0.25, -0.2) is 5.48 Å². The van der Waals surface area contributed by atoms with Crippen LogP contribution in [0.15, 0.2) is 51.9 Å². The number of carbonyl (C=O) groups excluding carboxylic acids is 1. The minimum atomic E-state index is -0.393. The van der Waals surface area contributed by atoms with Crippen LogP contribution in [0.5, 0.6) is 0 Å². The van der Waals surface area contributed by atoms with Crippen LogP contribution in [0.4, 0.5) is 5.69 Å². The summed E-state index contributed by atoms with van der Waals surface area (Å²) in [5.74, 6) is -0.393. The average molecular weight is 384 g/mol. The minimum absolute atomic E-state index is 0.393. The number of H-pyrrole nitrogens is 1. The number of fused-ring (bicyclic) bond motifs is 2. The van der Waals surface area contributed by atoms with Gasteiger partial charge in [-0.2, -0.15) is 0 Å². The molecule has 0 saturated heterocycles. The molecule has 2 N–H and O–H groups in total. The Labute approximate surface area is 146 Å². The van der Waals surface area contributed by atoms with Gasteiger partial charge < -0.3 is 9.82 Å². The van der Waals surface area contributed by atoms with Crippen molar-refractivity contribution in [3.05, 3.63) is 63.2 Å². The Morgan fingerprint density at radius 3 is 2.92 bits per heavy atom. The van der Waals surface area contributed by atoms with E-state index in [9.17, 15) is 4.79 Å². The van der Waals surface area contributed by atoms with Crippen LogP contribution in [0.3, 0.4) is 0 Å². The highest BCUT2D eigenvalue weighted by atomic mass is 79.9. The first-order valence-corrected chi connectivity index (χ1v) is 8.31. The van der Waals surface area contributed by atoms with Gasteiger partial charge in [-0.15, -0.1) is 0 Å². The van der Waals surface area contributed by atoms with Gasteiger partial charge in [0.25, 0.3) is 0 Å². The lowest BCUT2D eigenvalue weighted by molar-refractivity contribution is -0.137. The highest BCUT2D eigenvalue weighted by Crippen LogP contribution is 2.32. The second-order valence-electron chi connectivity index (χ2n) is 5.55. The van der Waals surface area contributed by atoms with Crippen molar-refractivity contribution < 1.29 is 9.63 Å². The third-order valence-corrected chi connectivity index (χ3v) is 4.65. The highest BCUT2D eigenvalue weighted by molar-refractivity contribution is 9.10. The van der Waals surface area contributed by atoms with E-state index in [1.54, 1.807) is 0 Å². The molecule has 6 heteroatoms. The van der Waals surface area contributed by atoms with Gasteiger partial charge in [0.1, 0.15) is 5.69 Å². The van der Waals surface area contributed by atoms with Crippen molar-refractivity contribution in [3.8, 4) is 0 Å². The molecular weight excluding hydrogens is 370 g/mol. The zero-order chi connectivity index (χ0) is 16.7. The fraction of sp³-hybridized carbons (Fsp3) is 0.111. The fourth-order valence-electron chi connectivity index (χ4n) is 2.97. The molecule has 4 rings (SSSR count). The van der Waals surface area contributed by atoms with Crippen LogP contribution in [0, 0.1) is 0 Å². The molecule has 1 aliphatic heterocycles. The molecule has 2 aromatic carbocycles. The summed E-state index contributed by atoms with van der Waals surface area (Å²) in [5.41, 5.74) is 6.48. The predicted molar refractivity (Wildman–Crippen MR) is 96.0 cm³/mol. The number of anilines is 1. The average Bonchev–Trinajstić information content (AvgIpc) is 3.14. The van der Waals surface area contributed by atoms with Gasteiger partial charge in [0, 0.05) is 33.1 Å². The summed E-state index contributed by atoms with van der Waals surface area (Å²) in [5, 5.41) is 2.98. The van der Waals surface area contributed by atoms with Crippen molar-refractivity contribution in [1.82, 2.24) is 4.98 Å². The topological polar surface area (TPSA) is 66.5 Å². The molecule has 0 spiro atoms. The van der Waals surface area contributed by atoms with E-state index in [2.05, 4.69) is 31.4 Å². The maximum absolute atomic E-state index is 11.2. The molecule has 2 heterocycles. The normalized spacial score (nSPS) is 12.8. The van der Waals surface area contributed by atoms with Crippen LogP contribution in [-0.2, 0) is 9.63 Å². The number of nitrogens with one attached hydrogen (secondary N) is 2. The Bertz CT molecular complexity index is 1090. The molecular formula is C18H14BrN3O2. The zero-order valence-electron chi connectivity index (χ0n) is 12.9. The molecule has 5 nitrogen and oxygen atoms in total. The molecule has 0 amide bonds. The smallest absolute Gasteiger partial charge is 0.329 e. The summed E-state index contributed by atoms with van der Waals surface area (Å²) in [6.45, 7) is 1.94. The van der Waals surface area contributed by atoms with Gasteiger partial charge in [-0.05, 0) is 28.1 Å². The Kier molecular flexibility index (Phi) is 3.61. The van der Waals surface area contributed by atoms with Crippen molar-refractivity contribution in [1.29, 1.82) is 0 Å². The van der Waals surface area contributed by atoms with Gasteiger partial charge in [0.05, 0.1) is 17.6 Å². The van der Waals surface area contributed by atoms with Crippen molar-refractivity contribution in [2.24, 2.45) is 4.99 Å². The van der Waals surface area contributed by atoms with Crippen LogP contribution in [-0.4, -0.2) is 17.5 Å². The molecule has 0 atom stereocenters. The maximum Gasteiger partial charge on any atom is 0.329 e. The van der Waals surface area contributed by atoms with Gasteiger partial charge in [0.15, 0.2) is 0 Å². The van der Waals surface area contributed by atoms with E-state index in [0.717, 1.165) is 42.9 Å². The number of hydrogen-bond donors (Lipinski definition) is 2. The molecule has 0 unspecified atom stereocenters. The summed E-state index contributed by atoms with van der Waals surface area (Å²) >= 11 is 3.55. The third-order valence-electron chi connectivity index (χ3n) is 4.01. The molecule has 0 saturated carbocycles. The van der Waals surface area contributed by atoms with Crippen LogP contribution in [0.25, 0.3) is 16.5 Å². The SMILES string of the molecule is CC(=O)ONc1c(C2=c3cccc(Br)c3=NC2)[nH]c2ccccc12. The Morgan fingerprint density at radius 2 is 2.08 bits per heavy atom. The number of hydrogen-bond acceptors (Lipinski definition) is 4. The first kappa shape index (κ1) is 15.0. The number of para-hydroxylation sites is 2. The second-order valence-corrected chi connectivity index (χ2v) is 6.40. The largest absolute Gasteiger partial charge is 0.353 e. The van der Waals surface area contributed by atoms with Crippen molar-refractivity contribution in [3.63, 3.8) is 0 Å². The van der Waals surface area contributed by atoms with Crippen molar-refractivity contribution in [2.75, 3.05) is 12.0 Å². The molecule has 120 valence electrons. The number of aromatic amines is 1. The van der Waals surface area contributed by atoms with Gasteiger partial charge in [-0.3, -0.25) is 9.79 Å². The summed E-state index contributed by atoms with van der Waals surface area (Å²) in [6, 6.07) is 13.9. The molecule has 24 heavy (non-hydrogen) atoms. The number of aromatic nitrogens is 1. The van der Waals surface area contributed by atoms with Crippen LogP contribution in [0.1, 0.15) is 12.6 Å². The molecule has 1 aliphatic rings. The van der Waals surface area contributed by atoms with E-state index < -0.39 is 5.97 Å². The molecule has 0 aliphatic carbocycles. The summed E-state index contributed by atoms with van der Waals surface area (Å²) in [6.07, 6.45) is 0.